The topological polar surface area (TPSA) is 97.8 Å². The average molecular weight is 204 g/mol. The molecule has 76 valence electrons. The fraction of sp³-hybridized carbons (Fsp3) is 0. The lowest BCUT2D eigenvalue weighted by Crippen LogP contribution is -1.88. The molecular formula is C9H8N4O2. The number of benzene rings is 1. The van der Waals surface area contributed by atoms with Crippen LogP contribution in [0.3, 0.4) is 0 Å². The summed E-state index contributed by atoms with van der Waals surface area (Å²) in [5.74, 6) is 0.323. The number of H-pyrrole nitrogens is 1. The van der Waals surface area contributed by atoms with Crippen LogP contribution in [-0.4, -0.2) is 14.9 Å². The fourth-order valence-corrected chi connectivity index (χ4v) is 1.25. The smallest absolute Gasteiger partial charge is 0.269 e. The van der Waals surface area contributed by atoms with Crippen molar-refractivity contribution in [2.45, 2.75) is 0 Å². The molecule has 15 heavy (non-hydrogen) atoms. The van der Waals surface area contributed by atoms with E-state index in [1.54, 1.807) is 18.3 Å². The van der Waals surface area contributed by atoms with E-state index in [0.717, 1.165) is 11.3 Å². The van der Waals surface area contributed by atoms with Crippen LogP contribution in [0.25, 0.3) is 11.3 Å². The lowest BCUT2D eigenvalue weighted by molar-refractivity contribution is -0.384. The van der Waals surface area contributed by atoms with Crippen LogP contribution < -0.4 is 5.73 Å². The van der Waals surface area contributed by atoms with Gasteiger partial charge in [0, 0.05) is 17.7 Å². The Bertz CT molecular complexity index is 489. The number of nitro groups is 1. The molecule has 0 bridgehead atoms. The number of nitrogens with zero attached hydrogens (tertiary/aromatic N) is 2. The first-order valence-electron chi connectivity index (χ1n) is 4.22. The van der Waals surface area contributed by atoms with Crippen molar-refractivity contribution in [3.8, 4) is 11.3 Å². The first-order chi connectivity index (χ1) is 7.16. The summed E-state index contributed by atoms with van der Waals surface area (Å²) in [5.41, 5.74) is 7.03. The second-order valence-corrected chi connectivity index (χ2v) is 2.99. The zero-order valence-corrected chi connectivity index (χ0v) is 7.68. The molecule has 1 aromatic carbocycles. The maximum Gasteiger partial charge on any atom is 0.269 e. The third-order valence-corrected chi connectivity index (χ3v) is 1.98. The third kappa shape index (κ3) is 1.78. The van der Waals surface area contributed by atoms with E-state index in [9.17, 15) is 10.1 Å². The van der Waals surface area contributed by atoms with Crippen molar-refractivity contribution >= 4 is 11.6 Å². The summed E-state index contributed by atoms with van der Waals surface area (Å²) in [6.45, 7) is 0. The van der Waals surface area contributed by atoms with Gasteiger partial charge < -0.3 is 10.7 Å². The van der Waals surface area contributed by atoms with Gasteiger partial charge in [-0.15, -0.1) is 0 Å². The number of nitrogens with two attached hydrogens (primary N) is 1. The van der Waals surface area contributed by atoms with Crippen LogP contribution in [0.2, 0.25) is 0 Å². The molecule has 0 atom stereocenters. The van der Waals surface area contributed by atoms with E-state index < -0.39 is 4.92 Å². The molecule has 2 rings (SSSR count). The molecule has 0 amide bonds. The van der Waals surface area contributed by atoms with Crippen molar-refractivity contribution in [1.82, 2.24) is 9.97 Å². The first-order valence-corrected chi connectivity index (χ1v) is 4.22. The molecular weight excluding hydrogens is 196 g/mol. The zero-order valence-electron chi connectivity index (χ0n) is 7.68. The predicted octanol–water partition coefficient (Wildman–Crippen LogP) is 1.57. The first kappa shape index (κ1) is 9.20. The highest BCUT2D eigenvalue weighted by Crippen LogP contribution is 2.20. The largest absolute Gasteiger partial charge is 0.369 e. The number of nitrogens with one attached hydrogen (secondary N) is 1. The molecule has 0 aliphatic rings. The van der Waals surface area contributed by atoms with Crippen LogP contribution in [0.15, 0.2) is 30.5 Å². The van der Waals surface area contributed by atoms with E-state index in [1.165, 1.54) is 12.1 Å². The summed E-state index contributed by atoms with van der Waals surface area (Å²) in [6.07, 6.45) is 1.58. The van der Waals surface area contributed by atoms with E-state index in [4.69, 9.17) is 5.73 Å². The van der Waals surface area contributed by atoms with Gasteiger partial charge in [-0.05, 0) is 12.1 Å². The Labute approximate surface area is 84.9 Å². The van der Waals surface area contributed by atoms with Crippen molar-refractivity contribution in [2.75, 3.05) is 5.73 Å². The molecule has 0 aliphatic heterocycles. The van der Waals surface area contributed by atoms with Crippen LogP contribution in [0, 0.1) is 10.1 Å². The van der Waals surface area contributed by atoms with Crippen molar-refractivity contribution in [2.24, 2.45) is 0 Å². The molecule has 1 heterocycles. The Morgan fingerprint density at radius 2 is 2.00 bits per heavy atom. The Hall–Kier alpha value is -2.37. The van der Waals surface area contributed by atoms with Gasteiger partial charge in [0.25, 0.3) is 5.69 Å². The van der Waals surface area contributed by atoms with Gasteiger partial charge in [0.2, 0.25) is 0 Å². The molecule has 0 saturated heterocycles. The zero-order chi connectivity index (χ0) is 10.8. The summed E-state index contributed by atoms with van der Waals surface area (Å²) in [4.78, 5) is 16.7. The minimum Gasteiger partial charge on any atom is -0.369 e. The number of imidazole rings is 1. The van der Waals surface area contributed by atoms with E-state index in [2.05, 4.69) is 9.97 Å². The number of aromatic nitrogens is 2. The molecule has 1 aromatic heterocycles. The molecule has 0 fully saturated rings. The van der Waals surface area contributed by atoms with Crippen LogP contribution in [0.4, 0.5) is 11.6 Å². The fourth-order valence-electron chi connectivity index (χ4n) is 1.25. The van der Waals surface area contributed by atoms with E-state index in [-0.39, 0.29) is 5.69 Å². The lowest BCUT2D eigenvalue weighted by atomic mass is 10.1. The van der Waals surface area contributed by atoms with Crippen LogP contribution >= 0.6 is 0 Å². The normalized spacial score (nSPS) is 10.1. The predicted molar refractivity (Wildman–Crippen MR) is 55.1 cm³/mol. The summed E-state index contributed by atoms with van der Waals surface area (Å²) >= 11 is 0. The molecule has 6 nitrogen and oxygen atoms in total. The monoisotopic (exact) mass is 204 g/mol. The van der Waals surface area contributed by atoms with Gasteiger partial charge in [-0.25, -0.2) is 4.98 Å². The highest BCUT2D eigenvalue weighted by atomic mass is 16.6. The average Bonchev–Trinajstić information content (AvgIpc) is 2.65. The third-order valence-electron chi connectivity index (χ3n) is 1.98. The van der Waals surface area contributed by atoms with Gasteiger partial charge in [0.1, 0.15) is 0 Å². The van der Waals surface area contributed by atoms with E-state index in [0.29, 0.717) is 5.95 Å². The van der Waals surface area contributed by atoms with E-state index in [1.807, 2.05) is 0 Å². The molecule has 3 N–H and O–H groups in total. The molecule has 0 unspecified atom stereocenters. The molecule has 0 saturated carbocycles. The minimum atomic E-state index is -0.439. The standard InChI is InChI=1S/C9H8N4O2/c10-9-11-5-8(12-9)6-1-3-7(4-2-6)13(14)15/h1-5H,(H3,10,11,12). The van der Waals surface area contributed by atoms with Crippen molar-refractivity contribution < 1.29 is 4.92 Å². The molecule has 0 radical (unpaired) electrons. The molecule has 6 heteroatoms. The summed E-state index contributed by atoms with van der Waals surface area (Å²) < 4.78 is 0. The van der Waals surface area contributed by atoms with Crippen molar-refractivity contribution in [1.29, 1.82) is 0 Å². The van der Waals surface area contributed by atoms with Gasteiger partial charge in [0.15, 0.2) is 5.95 Å². The quantitative estimate of drug-likeness (QED) is 0.572. The van der Waals surface area contributed by atoms with Gasteiger partial charge in [-0.1, -0.05) is 0 Å². The SMILES string of the molecule is Nc1ncc(-c2ccc([N+](=O)[O-])cc2)[nH]1. The number of aromatic amines is 1. The summed E-state index contributed by atoms with van der Waals surface area (Å²) in [6, 6.07) is 6.16. The second-order valence-electron chi connectivity index (χ2n) is 2.99. The highest BCUT2D eigenvalue weighted by Gasteiger charge is 2.06. The number of nitro benzene ring substituents is 1. The molecule has 0 aliphatic carbocycles. The lowest BCUT2D eigenvalue weighted by Gasteiger charge is -1.96. The van der Waals surface area contributed by atoms with Gasteiger partial charge in [0.05, 0.1) is 16.8 Å². The Kier molecular flexibility index (Phi) is 2.09. The van der Waals surface area contributed by atoms with Crippen LogP contribution in [0.5, 0.6) is 0 Å². The summed E-state index contributed by atoms with van der Waals surface area (Å²) in [7, 11) is 0. The number of anilines is 1. The van der Waals surface area contributed by atoms with Gasteiger partial charge in [-0.2, -0.15) is 0 Å². The Morgan fingerprint density at radius 3 is 2.47 bits per heavy atom. The van der Waals surface area contributed by atoms with Crippen LogP contribution in [0.1, 0.15) is 0 Å². The number of hydrogen-bond donors (Lipinski definition) is 2. The summed E-state index contributed by atoms with van der Waals surface area (Å²) in [5, 5.41) is 10.4. The maximum absolute atomic E-state index is 10.4. The van der Waals surface area contributed by atoms with Crippen molar-refractivity contribution in [3.05, 3.63) is 40.6 Å². The number of rotatable bonds is 2. The van der Waals surface area contributed by atoms with Crippen molar-refractivity contribution in [3.63, 3.8) is 0 Å². The van der Waals surface area contributed by atoms with E-state index >= 15 is 0 Å². The number of nitrogen functional groups attached to an aromatic ring is 1. The highest BCUT2D eigenvalue weighted by molar-refractivity contribution is 5.61. The second kappa shape index (κ2) is 3.41. The van der Waals surface area contributed by atoms with Crippen LogP contribution in [-0.2, 0) is 0 Å². The Morgan fingerprint density at radius 1 is 1.33 bits per heavy atom. The molecule has 2 aromatic rings. The maximum atomic E-state index is 10.4. The minimum absolute atomic E-state index is 0.0613. The Balaban J connectivity index is 2.35. The van der Waals surface area contributed by atoms with Gasteiger partial charge >= 0.3 is 0 Å². The number of hydrogen-bond acceptors (Lipinski definition) is 4. The molecule has 0 spiro atoms. The number of non-ortho nitro benzene ring substituents is 1. The van der Waals surface area contributed by atoms with Gasteiger partial charge in [-0.3, -0.25) is 10.1 Å².